The first-order chi connectivity index (χ1) is 9.29. The number of anilines is 1. The molecule has 0 aliphatic rings. The van der Waals surface area contributed by atoms with Crippen molar-refractivity contribution in [2.45, 2.75) is 19.4 Å². The van der Waals surface area contributed by atoms with Gasteiger partial charge in [-0.15, -0.1) is 0 Å². The van der Waals surface area contributed by atoms with E-state index in [9.17, 15) is 5.11 Å². The summed E-state index contributed by atoms with van der Waals surface area (Å²) in [6.07, 6.45) is 1.89. The van der Waals surface area contributed by atoms with Gasteiger partial charge in [0.05, 0.1) is 13.2 Å². The Morgan fingerprint density at radius 2 is 1.74 bits per heavy atom. The molecule has 0 bridgehead atoms. The van der Waals surface area contributed by atoms with Gasteiger partial charge in [0.2, 0.25) is 0 Å². The van der Waals surface area contributed by atoms with Gasteiger partial charge in [0.25, 0.3) is 0 Å². The number of hydrogen-bond acceptors (Lipinski definition) is 3. The topological polar surface area (TPSA) is 55.5 Å². The summed E-state index contributed by atoms with van der Waals surface area (Å²) in [7, 11) is 0. The van der Waals surface area contributed by atoms with Gasteiger partial charge in [0, 0.05) is 11.3 Å². The summed E-state index contributed by atoms with van der Waals surface area (Å²) in [5.41, 5.74) is 8.52. The Labute approximate surface area is 113 Å². The zero-order valence-electron chi connectivity index (χ0n) is 10.9. The number of nitrogens with two attached hydrogens (primary N) is 1. The third kappa shape index (κ3) is 4.00. The number of benzene rings is 2. The molecule has 100 valence electrons. The number of hydrogen-bond donors (Lipinski definition) is 2. The minimum Gasteiger partial charge on any atom is -0.493 e. The monoisotopic (exact) mass is 257 g/mol. The van der Waals surface area contributed by atoms with Crippen LogP contribution in [0.4, 0.5) is 5.69 Å². The van der Waals surface area contributed by atoms with E-state index in [0.717, 1.165) is 29.8 Å². The predicted molar refractivity (Wildman–Crippen MR) is 77.0 cm³/mol. The second kappa shape index (κ2) is 6.81. The maximum atomic E-state index is 9.19. The molecule has 0 aliphatic heterocycles. The Kier molecular flexibility index (Phi) is 4.81. The molecule has 0 spiro atoms. The lowest BCUT2D eigenvalue weighted by atomic mass is 10.1. The molecule has 0 unspecified atom stereocenters. The van der Waals surface area contributed by atoms with Gasteiger partial charge in [0.1, 0.15) is 5.75 Å². The van der Waals surface area contributed by atoms with Crippen LogP contribution in [0.5, 0.6) is 5.75 Å². The molecule has 0 atom stereocenters. The fourth-order valence-corrected chi connectivity index (χ4v) is 1.92. The summed E-state index contributed by atoms with van der Waals surface area (Å²) in [6.45, 7) is 0.648. The quantitative estimate of drug-likeness (QED) is 0.618. The highest BCUT2D eigenvalue weighted by Crippen LogP contribution is 2.18. The van der Waals surface area contributed by atoms with Crippen LogP contribution in [-0.4, -0.2) is 11.7 Å². The molecule has 2 aromatic rings. The van der Waals surface area contributed by atoms with Crippen molar-refractivity contribution in [3.8, 4) is 5.75 Å². The maximum Gasteiger partial charge on any atom is 0.124 e. The molecule has 0 radical (unpaired) electrons. The first-order valence-electron chi connectivity index (χ1n) is 6.45. The van der Waals surface area contributed by atoms with Gasteiger partial charge in [-0.3, -0.25) is 0 Å². The summed E-state index contributed by atoms with van der Waals surface area (Å²) in [5.74, 6) is 0.766. The molecule has 0 aromatic heterocycles. The lowest BCUT2D eigenvalue weighted by Crippen LogP contribution is -2.01. The molecule has 2 aromatic carbocycles. The molecule has 0 saturated heterocycles. The molecule has 0 amide bonds. The third-order valence-corrected chi connectivity index (χ3v) is 2.99. The van der Waals surface area contributed by atoms with Crippen molar-refractivity contribution < 1.29 is 9.84 Å². The number of aliphatic hydroxyl groups is 1. The van der Waals surface area contributed by atoms with E-state index in [2.05, 4.69) is 0 Å². The van der Waals surface area contributed by atoms with Gasteiger partial charge >= 0.3 is 0 Å². The maximum absolute atomic E-state index is 9.19. The Morgan fingerprint density at radius 1 is 1.00 bits per heavy atom. The van der Waals surface area contributed by atoms with E-state index in [1.54, 1.807) is 0 Å². The average Bonchev–Trinajstić information content (AvgIpc) is 2.46. The van der Waals surface area contributed by atoms with Crippen molar-refractivity contribution in [2.75, 3.05) is 12.3 Å². The first kappa shape index (κ1) is 13.4. The van der Waals surface area contributed by atoms with E-state index in [1.165, 1.54) is 5.56 Å². The summed E-state index contributed by atoms with van der Waals surface area (Å²) >= 11 is 0. The van der Waals surface area contributed by atoms with Crippen molar-refractivity contribution in [2.24, 2.45) is 0 Å². The molecule has 3 heteroatoms. The van der Waals surface area contributed by atoms with Crippen molar-refractivity contribution in [3.63, 3.8) is 0 Å². The fourth-order valence-electron chi connectivity index (χ4n) is 1.92. The molecular formula is C16H19NO2. The Balaban J connectivity index is 1.79. The minimum atomic E-state index is 0.00807. The van der Waals surface area contributed by atoms with Crippen molar-refractivity contribution in [3.05, 3.63) is 59.7 Å². The largest absolute Gasteiger partial charge is 0.493 e. The van der Waals surface area contributed by atoms with Crippen molar-refractivity contribution in [1.29, 1.82) is 0 Å². The molecular weight excluding hydrogens is 238 g/mol. The van der Waals surface area contributed by atoms with E-state index in [4.69, 9.17) is 10.5 Å². The minimum absolute atomic E-state index is 0.00807. The van der Waals surface area contributed by atoms with E-state index in [1.807, 2.05) is 48.5 Å². The molecule has 0 aliphatic carbocycles. The van der Waals surface area contributed by atoms with Crippen molar-refractivity contribution in [1.82, 2.24) is 0 Å². The summed E-state index contributed by atoms with van der Waals surface area (Å²) in [6, 6.07) is 15.5. The molecule has 19 heavy (non-hydrogen) atoms. The molecule has 2 rings (SSSR count). The van der Waals surface area contributed by atoms with Gasteiger partial charge in [-0.05, 0) is 36.6 Å². The summed E-state index contributed by atoms with van der Waals surface area (Å²) in [4.78, 5) is 0. The smallest absolute Gasteiger partial charge is 0.124 e. The molecule has 0 fully saturated rings. The van der Waals surface area contributed by atoms with Crippen LogP contribution in [0.3, 0.4) is 0 Å². The summed E-state index contributed by atoms with van der Waals surface area (Å²) in [5, 5.41) is 9.19. The number of aliphatic hydroxyl groups excluding tert-OH is 1. The van der Waals surface area contributed by atoms with Gasteiger partial charge in [-0.25, -0.2) is 0 Å². The van der Waals surface area contributed by atoms with Crippen LogP contribution in [-0.2, 0) is 13.0 Å². The van der Waals surface area contributed by atoms with E-state index >= 15 is 0 Å². The zero-order valence-corrected chi connectivity index (χ0v) is 10.9. The number of para-hydroxylation sites is 1. The van der Waals surface area contributed by atoms with Gasteiger partial charge < -0.3 is 15.6 Å². The highest BCUT2D eigenvalue weighted by atomic mass is 16.5. The highest BCUT2D eigenvalue weighted by Gasteiger charge is 2.01. The number of nitrogen functional groups attached to an aromatic ring is 1. The Bertz CT molecular complexity index is 508. The van der Waals surface area contributed by atoms with Crippen LogP contribution in [0.25, 0.3) is 0 Å². The van der Waals surface area contributed by atoms with Crippen LogP contribution >= 0.6 is 0 Å². The molecule has 3 nitrogen and oxygen atoms in total. The van der Waals surface area contributed by atoms with Crippen LogP contribution < -0.4 is 10.5 Å². The van der Waals surface area contributed by atoms with Gasteiger partial charge in [0.15, 0.2) is 0 Å². The van der Waals surface area contributed by atoms with E-state index in [0.29, 0.717) is 6.61 Å². The van der Waals surface area contributed by atoms with E-state index in [-0.39, 0.29) is 6.61 Å². The lowest BCUT2D eigenvalue weighted by molar-refractivity contribution is 0.261. The molecule has 0 heterocycles. The van der Waals surface area contributed by atoms with Crippen LogP contribution in [0.1, 0.15) is 17.5 Å². The highest BCUT2D eigenvalue weighted by molar-refractivity contribution is 5.39. The number of ether oxygens (including phenoxy) is 1. The zero-order chi connectivity index (χ0) is 13.5. The SMILES string of the molecule is Nc1ccc(CCCOc2ccccc2CO)cc1. The Hall–Kier alpha value is -2.00. The standard InChI is InChI=1S/C16H19NO2/c17-15-9-7-13(8-10-15)4-3-11-19-16-6-2-1-5-14(16)12-18/h1-2,5-10,18H,3-4,11-12,17H2. The van der Waals surface area contributed by atoms with Crippen LogP contribution in [0.2, 0.25) is 0 Å². The second-order valence-corrected chi connectivity index (χ2v) is 4.46. The predicted octanol–water partition coefficient (Wildman–Crippen LogP) is 2.77. The van der Waals surface area contributed by atoms with Gasteiger partial charge in [-0.1, -0.05) is 30.3 Å². The van der Waals surface area contributed by atoms with E-state index < -0.39 is 0 Å². The first-order valence-corrected chi connectivity index (χ1v) is 6.45. The van der Waals surface area contributed by atoms with Gasteiger partial charge in [-0.2, -0.15) is 0 Å². The van der Waals surface area contributed by atoms with Crippen LogP contribution in [0.15, 0.2) is 48.5 Å². The Morgan fingerprint density at radius 3 is 2.47 bits per heavy atom. The normalized spacial score (nSPS) is 10.4. The molecule has 3 N–H and O–H groups in total. The fraction of sp³-hybridized carbons (Fsp3) is 0.250. The molecule has 0 saturated carbocycles. The number of aryl methyl sites for hydroxylation is 1. The summed E-state index contributed by atoms with van der Waals surface area (Å²) < 4.78 is 5.69. The average molecular weight is 257 g/mol. The third-order valence-electron chi connectivity index (χ3n) is 2.99. The lowest BCUT2D eigenvalue weighted by Gasteiger charge is -2.09. The van der Waals surface area contributed by atoms with Crippen LogP contribution in [0, 0.1) is 0 Å². The number of rotatable bonds is 6. The second-order valence-electron chi connectivity index (χ2n) is 4.46. The van der Waals surface area contributed by atoms with Crippen molar-refractivity contribution >= 4 is 5.69 Å².